The van der Waals surface area contributed by atoms with Crippen molar-refractivity contribution in [2.45, 2.75) is 38.5 Å². The Morgan fingerprint density at radius 3 is 2.70 bits per heavy atom. The minimum Gasteiger partial charge on any atom is -0.594 e. The Labute approximate surface area is 136 Å². The second kappa shape index (κ2) is 6.28. The van der Waals surface area contributed by atoms with Gasteiger partial charge < -0.3 is 15.4 Å². The van der Waals surface area contributed by atoms with Crippen molar-refractivity contribution in [3.63, 3.8) is 0 Å². The molecule has 1 fully saturated rings. The summed E-state index contributed by atoms with van der Waals surface area (Å²) in [6.45, 7) is 4.10. The Bertz CT molecular complexity index is 712. The van der Waals surface area contributed by atoms with Crippen LogP contribution in [-0.2, 0) is 12.8 Å². The molecule has 2 aromatic rings. The van der Waals surface area contributed by atoms with Gasteiger partial charge in [-0.2, -0.15) is 0 Å². The number of likely N-dealkylation sites (tertiary alicyclic amines) is 1. The lowest BCUT2D eigenvalue weighted by molar-refractivity contribution is -0.641. The maximum Gasteiger partial charge on any atom is 0.290 e. The van der Waals surface area contributed by atoms with E-state index in [9.17, 15) is 5.21 Å². The molecule has 4 rings (SSSR count). The van der Waals surface area contributed by atoms with Gasteiger partial charge in [-0.3, -0.25) is 0 Å². The van der Waals surface area contributed by atoms with Crippen LogP contribution in [0, 0.1) is 5.21 Å². The number of nitrogens with zero attached hydrogens (tertiary/aromatic N) is 4. The van der Waals surface area contributed by atoms with E-state index in [-0.39, 0.29) is 0 Å². The molecule has 2 heterocycles. The third-order valence-electron chi connectivity index (χ3n) is 4.97. The molecule has 0 bridgehead atoms. The van der Waals surface area contributed by atoms with Gasteiger partial charge in [0.05, 0.1) is 5.10 Å². The van der Waals surface area contributed by atoms with Crippen molar-refractivity contribution in [3.05, 3.63) is 28.5 Å². The van der Waals surface area contributed by atoms with E-state index in [2.05, 4.69) is 26.4 Å². The van der Waals surface area contributed by atoms with Gasteiger partial charge in [-0.1, -0.05) is 6.42 Å². The van der Waals surface area contributed by atoms with E-state index in [0.717, 1.165) is 31.4 Å². The van der Waals surface area contributed by atoms with Gasteiger partial charge in [0.25, 0.3) is 11.5 Å². The molecule has 2 aliphatic rings. The highest BCUT2D eigenvalue weighted by Gasteiger charge is 2.18. The highest BCUT2D eigenvalue weighted by molar-refractivity contribution is 5.74. The fourth-order valence-corrected chi connectivity index (χ4v) is 3.70. The van der Waals surface area contributed by atoms with Crippen LogP contribution in [0.2, 0.25) is 0 Å². The zero-order valence-electron chi connectivity index (χ0n) is 13.4. The predicted molar refractivity (Wildman–Crippen MR) is 89.3 cm³/mol. The second-order valence-corrected chi connectivity index (χ2v) is 6.60. The van der Waals surface area contributed by atoms with Gasteiger partial charge in [-0.25, -0.2) is 4.98 Å². The Morgan fingerprint density at radius 2 is 1.87 bits per heavy atom. The highest BCUT2D eigenvalue weighted by Crippen LogP contribution is 2.25. The van der Waals surface area contributed by atoms with Crippen molar-refractivity contribution in [2.24, 2.45) is 0 Å². The van der Waals surface area contributed by atoms with E-state index < -0.39 is 0 Å². The molecule has 0 radical (unpaired) electrons. The number of anilines is 1. The molecule has 6 heteroatoms. The van der Waals surface area contributed by atoms with Crippen molar-refractivity contribution in [2.75, 3.05) is 31.5 Å². The third-order valence-corrected chi connectivity index (χ3v) is 4.97. The van der Waals surface area contributed by atoms with Crippen LogP contribution in [0.25, 0.3) is 11.0 Å². The number of piperidine rings is 1. The quantitative estimate of drug-likeness (QED) is 0.686. The molecule has 1 N–H and O–H groups in total. The minimum atomic E-state index is 0.433. The summed E-state index contributed by atoms with van der Waals surface area (Å²) in [5.41, 5.74) is 3.93. The zero-order valence-corrected chi connectivity index (χ0v) is 13.4. The summed E-state index contributed by atoms with van der Waals surface area (Å²) in [6.07, 6.45) is 7.24. The molecule has 1 saturated heterocycles. The first-order valence-corrected chi connectivity index (χ1v) is 8.69. The van der Waals surface area contributed by atoms with Gasteiger partial charge in [0.2, 0.25) is 0 Å². The number of nitrogens with one attached hydrogen (secondary N) is 1. The molecule has 23 heavy (non-hydrogen) atoms. The van der Waals surface area contributed by atoms with Crippen LogP contribution in [0.1, 0.15) is 36.8 Å². The molecule has 0 atom stereocenters. The fraction of sp³-hybridized carbons (Fsp3) is 0.588. The summed E-state index contributed by atoms with van der Waals surface area (Å²) >= 11 is 0. The van der Waals surface area contributed by atoms with Crippen LogP contribution >= 0.6 is 0 Å². The molecule has 0 unspecified atom stereocenters. The number of rotatable bonds is 4. The number of benzene rings is 1. The number of hydrogen-bond donors (Lipinski definition) is 1. The Hall–Kier alpha value is -1.95. The van der Waals surface area contributed by atoms with Gasteiger partial charge in [-0.05, 0) is 67.2 Å². The van der Waals surface area contributed by atoms with Crippen LogP contribution < -0.4 is 10.2 Å². The lowest BCUT2D eigenvalue weighted by Gasteiger charge is -2.26. The molecule has 1 aliphatic carbocycles. The SMILES string of the molecule is [O-][n+]1nc(NCCN2CCCCC2)nc2cc3c(cc21)CCC3. The molecule has 6 nitrogen and oxygen atoms in total. The first-order chi connectivity index (χ1) is 11.3. The summed E-state index contributed by atoms with van der Waals surface area (Å²) in [7, 11) is 0. The van der Waals surface area contributed by atoms with E-state index >= 15 is 0 Å². The van der Waals surface area contributed by atoms with Crippen molar-refractivity contribution in [3.8, 4) is 0 Å². The maximum atomic E-state index is 12.2. The molecule has 1 aliphatic heterocycles. The zero-order chi connectivity index (χ0) is 15.6. The summed E-state index contributed by atoms with van der Waals surface area (Å²) < 4.78 is 0. The van der Waals surface area contributed by atoms with E-state index in [0.29, 0.717) is 16.3 Å². The topological polar surface area (TPSA) is 68.0 Å². The molecular weight excluding hydrogens is 290 g/mol. The molecule has 122 valence electrons. The van der Waals surface area contributed by atoms with E-state index in [1.54, 1.807) is 0 Å². The normalized spacial score (nSPS) is 18.3. The first kappa shape index (κ1) is 14.6. The molecule has 0 spiro atoms. The standard InChI is InChI=1S/C17H23N5O/c23-22-16-12-14-6-4-5-13(14)11-15(16)19-17(20-22)18-7-10-21-8-2-1-3-9-21/h11-12H,1-10H2,(H,18,19,20). The van der Waals surface area contributed by atoms with Crippen LogP contribution in [0.4, 0.5) is 5.95 Å². The van der Waals surface area contributed by atoms with Crippen molar-refractivity contribution >= 4 is 17.0 Å². The lowest BCUT2D eigenvalue weighted by atomic mass is 10.1. The van der Waals surface area contributed by atoms with Crippen LogP contribution in [0.15, 0.2) is 12.1 Å². The smallest absolute Gasteiger partial charge is 0.290 e. The maximum absolute atomic E-state index is 12.2. The second-order valence-electron chi connectivity index (χ2n) is 6.60. The van der Waals surface area contributed by atoms with Crippen molar-refractivity contribution in [1.29, 1.82) is 0 Å². The van der Waals surface area contributed by atoms with Gasteiger partial charge in [0.1, 0.15) is 5.52 Å². The molecule has 0 amide bonds. The Morgan fingerprint density at radius 1 is 1.09 bits per heavy atom. The highest BCUT2D eigenvalue weighted by atomic mass is 16.5. The van der Waals surface area contributed by atoms with Gasteiger partial charge in [-0.15, -0.1) is 0 Å². The van der Waals surface area contributed by atoms with Crippen molar-refractivity contribution in [1.82, 2.24) is 15.0 Å². The summed E-state index contributed by atoms with van der Waals surface area (Å²) in [5.74, 6) is 0.433. The van der Waals surface area contributed by atoms with E-state index in [1.165, 1.54) is 49.9 Å². The summed E-state index contributed by atoms with van der Waals surface area (Å²) in [4.78, 5) is 7.70. The van der Waals surface area contributed by atoms with Gasteiger partial charge in [0, 0.05) is 19.2 Å². The van der Waals surface area contributed by atoms with E-state index in [1.807, 2.05) is 6.07 Å². The van der Waals surface area contributed by atoms with Crippen LogP contribution in [-0.4, -0.2) is 41.2 Å². The Kier molecular flexibility index (Phi) is 3.99. The molecule has 1 aromatic heterocycles. The molecule has 1 aromatic carbocycles. The third kappa shape index (κ3) is 3.08. The van der Waals surface area contributed by atoms with Gasteiger partial charge >= 0.3 is 0 Å². The van der Waals surface area contributed by atoms with Gasteiger partial charge in [0.15, 0.2) is 0 Å². The van der Waals surface area contributed by atoms with E-state index in [4.69, 9.17) is 0 Å². The van der Waals surface area contributed by atoms with Crippen LogP contribution in [0.5, 0.6) is 0 Å². The number of fused-ring (bicyclic) bond motifs is 2. The Balaban J connectivity index is 1.48. The number of aryl methyl sites for hydroxylation is 2. The molecule has 0 saturated carbocycles. The predicted octanol–water partition coefficient (Wildman–Crippen LogP) is 1.65. The summed E-state index contributed by atoms with van der Waals surface area (Å²) in [5, 5.41) is 19.4. The fourth-order valence-electron chi connectivity index (χ4n) is 3.70. The number of aromatic nitrogens is 3. The average molecular weight is 313 g/mol. The monoisotopic (exact) mass is 313 g/mol. The number of hydrogen-bond acceptors (Lipinski definition) is 5. The van der Waals surface area contributed by atoms with Crippen LogP contribution in [0.3, 0.4) is 0 Å². The van der Waals surface area contributed by atoms with Crippen molar-refractivity contribution < 1.29 is 4.85 Å². The average Bonchev–Trinajstić information content (AvgIpc) is 3.02. The lowest BCUT2D eigenvalue weighted by Crippen LogP contribution is -2.36. The minimum absolute atomic E-state index is 0.433. The summed E-state index contributed by atoms with van der Waals surface area (Å²) in [6, 6.07) is 4.02. The first-order valence-electron chi connectivity index (χ1n) is 8.69. The molecular formula is C17H23N5O. The largest absolute Gasteiger partial charge is 0.594 e.